The number of hydrogen-bond acceptors (Lipinski definition) is 1. The summed E-state index contributed by atoms with van der Waals surface area (Å²) in [7, 11) is 0. The molecule has 0 amide bonds. The van der Waals surface area contributed by atoms with Crippen LogP contribution in [0.1, 0.15) is 13.8 Å². The number of benzene rings is 4. The molecule has 0 N–H and O–H groups in total. The highest BCUT2D eigenvalue weighted by atomic mass is 15.2. The molecule has 4 aromatic carbocycles. The molecule has 1 aromatic heterocycles. The number of fused-ring (bicyclic) bond motifs is 10. The molecule has 3 heterocycles. The number of allylic oxidation sites excluding steroid dienone is 3. The van der Waals surface area contributed by atoms with Crippen LogP contribution in [0.4, 0.5) is 11.4 Å². The molecular formula is C35H29BN2. The van der Waals surface area contributed by atoms with Gasteiger partial charge in [0.05, 0.1) is 11.0 Å². The molecule has 4 unspecified atom stereocenters. The van der Waals surface area contributed by atoms with Crippen LogP contribution in [0.2, 0.25) is 5.82 Å². The zero-order valence-corrected chi connectivity index (χ0v) is 21.8. The summed E-state index contributed by atoms with van der Waals surface area (Å²) in [5.41, 5.74) is 9.89. The van der Waals surface area contributed by atoms with Gasteiger partial charge >= 0.3 is 0 Å². The van der Waals surface area contributed by atoms with Crippen molar-refractivity contribution in [1.29, 1.82) is 0 Å². The van der Waals surface area contributed by atoms with Crippen molar-refractivity contribution < 1.29 is 0 Å². The van der Waals surface area contributed by atoms with Crippen molar-refractivity contribution in [2.45, 2.75) is 25.7 Å². The molecule has 0 radical (unpaired) electrons. The van der Waals surface area contributed by atoms with Crippen LogP contribution in [0.25, 0.3) is 27.5 Å². The van der Waals surface area contributed by atoms with Gasteiger partial charge in [-0.1, -0.05) is 104 Å². The van der Waals surface area contributed by atoms with E-state index in [1.54, 1.807) is 0 Å². The van der Waals surface area contributed by atoms with E-state index in [2.05, 4.69) is 139 Å². The quantitative estimate of drug-likeness (QED) is 0.231. The van der Waals surface area contributed by atoms with Gasteiger partial charge in [-0.15, -0.1) is 0 Å². The number of anilines is 2. The number of rotatable bonds is 1. The lowest BCUT2D eigenvalue weighted by Gasteiger charge is -2.50. The van der Waals surface area contributed by atoms with Crippen LogP contribution in [0, 0.1) is 17.3 Å². The zero-order valence-electron chi connectivity index (χ0n) is 21.8. The van der Waals surface area contributed by atoms with Crippen LogP contribution in [0.5, 0.6) is 0 Å². The van der Waals surface area contributed by atoms with Gasteiger partial charge in [0.1, 0.15) is 0 Å². The smallest absolute Gasteiger partial charge is 0.223 e. The molecule has 2 nitrogen and oxygen atoms in total. The molecule has 2 aliphatic heterocycles. The Morgan fingerprint density at radius 1 is 0.711 bits per heavy atom. The first kappa shape index (κ1) is 21.0. The highest BCUT2D eigenvalue weighted by Crippen LogP contribution is 2.62. The average Bonchev–Trinajstić information content (AvgIpc) is 3.42. The maximum atomic E-state index is 2.72. The topological polar surface area (TPSA) is 8.17 Å². The maximum Gasteiger partial charge on any atom is 0.223 e. The summed E-state index contributed by atoms with van der Waals surface area (Å²) in [6.45, 7) is 5.44. The predicted molar refractivity (Wildman–Crippen MR) is 161 cm³/mol. The summed E-state index contributed by atoms with van der Waals surface area (Å²) < 4.78 is 2.56. The van der Waals surface area contributed by atoms with Crippen LogP contribution >= 0.6 is 0 Å². The van der Waals surface area contributed by atoms with Crippen molar-refractivity contribution in [2.75, 3.05) is 4.90 Å². The van der Waals surface area contributed by atoms with E-state index in [-0.39, 0.29) is 5.41 Å². The molecule has 1 fully saturated rings. The first-order valence-corrected chi connectivity index (χ1v) is 14.0. The van der Waals surface area contributed by atoms with Gasteiger partial charge in [-0.2, -0.15) is 0 Å². The monoisotopic (exact) mass is 488 g/mol. The molecule has 1 saturated carbocycles. The number of hydrogen-bond donors (Lipinski definition) is 0. The van der Waals surface area contributed by atoms with E-state index in [0.717, 1.165) is 0 Å². The summed E-state index contributed by atoms with van der Waals surface area (Å²) in [5.74, 6) is 1.46. The van der Waals surface area contributed by atoms with Gasteiger partial charge in [-0.3, -0.25) is 0 Å². The van der Waals surface area contributed by atoms with Gasteiger partial charge < -0.3 is 9.47 Å². The van der Waals surface area contributed by atoms with Crippen molar-refractivity contribution >= 4 is 50.8 Å². The molecule has 9 rings (SSSR count). The Morgan fingerprint density at radius 2 is 1.47 bits per heavy atom. The summed E-state index contributed by atoms with van der Waals surface area (Å²) in [6.07, 6.45) is 9.57. The minimum absolute atomic E-state index is 0.134. The largest absolute Gasteiger partial charge is 0.339 e. The lowest BCUT2D eigenvalue weighted by Crippen LogP contribution is -2.62. The van der Waals surface area contributed by atoms with Gasteiger partial charge in [0.25, 0.3) is 0 Å². The van der Waals surface area contributed by atoms with Crippen LogP contribution in [0.3, 0.4) is 0 Å². The van der Waals surface area contributed by atoms with Gasteiger partial charge in [0, 0.05) is 39.8 Å². The Kier molecular flexibility index (Phi) is 3.93. The van der Waals surface area contributed by atoms with E-state index in [9.17, 15) is 0 Å². The van der Waals surface area contributed by atoms with Gasteiger partial charge in [-0.25, -0.2) is 0 Å². The third-order valence-corrected chi connectivity index (χ3v) is 10.3. The Bertz CT molecular complexity index is 1840. The lowest BCUT2D eigenvalue weighted by molar-refractivity contribution is 0.287. The zero-order chi connectivity index (χ0) is 25.2. The minimum atomic E-state index is 0.134. The summed E-state index contributed by atoms with van der Waals surface area (Å²) in [6, 6.07) is 34.6. The molecule has 38 heavy (non-hydrogen) atoms. The second-order valence-electron chi connectivity index (χ2n) is 12.2. The molecule has 0 bridgehead atoms. The highest BCUT2D eigenvalue weighted by Gasteiger charge is 2.63. The van der Waals surface area contributed by atoms with E-state index in [1.165, 1.54) is 49.8 Å². The molecule has 4 aliphatic rings. The second kappa shape index (κ2) is 7.11. The fourth-order valence-corrected chi connectivity index (χ4v) is 8.94. The van der Waals surface area contributed by atoms with Crippen molar-refractivity contribution in [3.05, 3.63) is 115 Å². The van der Waals surface area contributed by atoms with E-state index >= 15 is 0 Å². The standard InChI is InChI=1S/C35H29BN2/c1-35(2)26-16-8-6-15-25(26)33-34(35)36-27-17-9-11-19-29(27)38-28-18-10-7-14-23(28)24-20-21-30(31(36)32(24)38)37(33)22-12-4-3-5-13-22/h3-21,25-26,33-34H,1-2H3. The van der Waals surface area contributed by atoms with Crippen molar-refractivity contribution in [3.8, 4) is 5.69 Å². The number of nitrogens with zero attached hydrogens (tertiary/aromatic N) is 2. The molecule has 182 valence electrons. The average molecular weight is 488 g/mol. The number of para-hydroxylation sites is 3. The Labute approximate surface area is 224 Å². The highest BCUT2D eigenvalue weighted by molar-refractivity contribution is 6.91. The van der Waals surface area contributed by atoms with Crippen LogP contribution in [-0.2, 0) is 0 Å². The lowest BCUT2D eigenvalue weighted by atomic mass is 9.27. The van der Waals surface area contributed by atoms with Crippen LogP contribution in [-0.4, -0.2) is 17.3 Å². The molecule has 2 aliphatic carbocycles. The SMILES string of the molecule is CC1(C)C2C=CC=CC2C2C1B1c3ccccc3-n3c4ccccc4c4ccc(c1c43)N2c1ccccc1. The van der Waals surface area contributed by atoms with Crippen LogP contribution < -0.4 is 15.8 Å². The van der Waals surface area contributed by atoms with Gasteiger partial charge in [0.15, 0.2) is 0 Å². The second-order valence-corrected chi connectivity index (χ2v) is 12.2. The Morgan fingerprint density at radius 3 is 2.37 bits per heavy atom. The normalized spacial score (nSPS) is 25.5. The Hall–Kier alpha value is -3.98. The van der Waals surface area contributed by atoms with Gasteiger partial charge in [-0.05, 0) is 52.9 Å². The molecule has 0 spiro atoms. The Balaban J connectivity index is 1.47. The van der Waals surface area contributed by atoms with Crippen LogP contribution in [0.15, 0.2) is 115 Å². The maximum absolute atomic E-state index is 2.72. The molecule has 0 saturated heterocycles. The fraction of sp³-hybridized carbons (Fsp3) is 0.200. The van der Waals surface area contributed by atoms with E-state index in [1.807, 2.05) is 0 Å². The molecule has 4 atom stereocenters. The van der Waals surface area contributed by atoms with Crippen molar-refractivity contribution in [3.63, 3.8) is 0 Å². The minimum Gasteiger partial charge on any atom is -0.339 e. The third-order valence-electron chi connectivity index (χ3n) is 10.3. The molecule has 5 aromatic rings. The third kappa shape index (κ3) is 2.37. The number of aromatic nitrogens is 1. The van der Waals surface area contributed by atoms with Gasteiger partial charge in [0.2, 0.25) is 6.71 Å². The predicted octanol–water partition coefficient (Wildman–Crippen LogP) is 6.99. The summed E-state index contributed by atoms with van der Waals surface area (Å²) in [4.78, 5) is 2.72. The molecule has 3 heteroatoms. The first-order valence-electron chi connectivity index (χ1n) is 14.0. The van der Waals surface area contributed by atoms with E-state index in [4.69, 9.17) is 0 Å². The summed E-state index contributed by atoms with van der Waals surface area (Å²) in [5, 5.41) is 2.72. The van der Waals surface area contributed by atoms with E-state index < -0.39 is 0 Å². The fourth-order valence-electron chi connectivity index (χ4n) is 8.94. The van der Waals surface area contributed by atoms with Crippen molar-refractivity contribution in [1.82, 2.24) is 4.57 Å². The molecular weight excluding hydrogens is 459 g/mol. The van der Waals surface area contributed by atoms with E-state index in [0.29, 0.717) is 30.4 Å². The summed E-state index contributed by atoms with van der Waals surface area (Å²) >= 11 is 0. The van der Waals surface area contributed by atoms with Crippen molar-refractivity contribution in [2.24, 2.45) is 17.3 Å². The first-order chi connectivity index (χ1) is 18.7.